The van der Waals surface area contributed by atoms with Gasteiger partial charge in [-0.15, -0.1) is 11.3 Å². The first-order valence-electron chi connectivity index (χ1n) is 11.4. The molecule has 1 aromatic heterocycles. The first kappa shape index (κ1) is 24.1. The molecule has 7 heteroatoms. The van der Waals surface area contributed by atoms with E-state index in [-0.39, 0.29) is 36.0 Å². The van der Waals surface area contributed by atoms with Gasteiger partial charge in [-0.05, 0) is 47.0 Å². The second-order valence-electron chi connectivity index (χ2n) is 8.57. The molecule has 34 heavy (non-hydrogen) atoms. The van der Waals surface area contributed by atoms with Crippen molar-refractivity contribution < 1.29 is 18.7 Å². The molecule has 0 radical (unpaired) electrons. The van der Waals surface area contributed by atoms with Gasteiger partial charge in [0.05, 0.1) is 19.7 Å². The average Bonchev–Trinajstić information content (AvgIpc) is 3.50. The molecule has 1 aliphatic carbocycles. The Balaban J connectivity index is 1.46. The van der Waals surface area contributed by atoms with E-state index in [0.29, 0.717) is 26.2 Å². The normalized spacial score (nSPS) is 16.8. The lowest BCUT2D eigenvalue weighted by atomic mass is 10.1. The lowest BCUT2D eigenvalue weighted by Crippen LogP contribution is -2.44. The zero-order valence-corrected chi connectivity index (χ0v) is 20.0. The fraction of sp³-hybridized carbons (Fsp3) is 0.333. The molecule has 2 amide bonds. The van der Waals surface area contributed by atoms with Gasteiger partial charge < -0.3 is 14.5 Å². The van der Waals surface area contributed by atoms with Crippen molar-refractivity contribution in [1.82, 2.24) is 9.80 Å². The predicted octanol–water partition coefficient (Wildman–Crippen LogP) is 4.69. The van der Waals surface area contributed by atoms with E-state index in [9.17, 15) is 14.0 Å². The van der Waals surface area contributed by atoms with Gasteiger partial charge in [-0.2, -0.15) is 0 Å². The van der Waals surface area contributed by atoms with Crippen LogP contribution in [0.1, 0.15) is 28.3 Å². The highest BCUT2D eigenvalue weighted by Crippen LogP contribution is 2.48. The minimum absolute atomic E-state index is 0.00268. The van der Waals surface area contributed by atoms with Crippen LogP contribution in [0, 0.1) is 11.7 Å². The third kappa shape index (κ3) is 6.30. The molecule has 5 nitrogen and oxygen atoms in total. The third-order valence-electron chi connectivity index (χ3n) is 6.10. The minimum Gasteiger partial charge on any atom is -0.383 e. The van der Waals surface area contributed by atoms with Crippen molar-refractivity contribution in [1.29, 1.82) is 0 Å². The van der Waals surface area contributed by atoms with Crippen LogP contribution in [-0.2, 0) is 27.4 Å². The number of nitrogens with zero attached hydrogens (tertiary/aromatic N) is 2. The van der Waals surface area contributed by atoms with E-state index in [1.807, 2.05) is 47.8 Å². The molecule has 1 fully saturated rings. The quantitative estimate of drug-likeness (QED) is 0.400. The van der Waals surface area contributed by atoms with Gasteiger partial charge in [0.2, 0.25) is 11.8 Å². The van der Waals surface area contributed by atoms with Crippen LogP contribution in [0.15, 0.2) is 72.1 Å². The van der Waals surface area contributed by atoms with Gasteiger partial charge in [-0.3, -0.25) is 9.59 Å². The number of carbonyl (C=O) groups excluding carboxylic acids is 2. The molecule has 1 aliphatic rings. The summed E-state index contributed by atoms with van der Waals surface area (Å²) >= 11 is 1.58. The third-order valence-corrected chi connectivity index (χ3v) is 6.97. The molecule has 0 saturated heterocycles. The molecule has 3 aromatic rings. The summed E-state index contributed by atoms with van der Waals surface area (Å²) in [6.07, 6.45) is 0.801. The summed E-state index contributed by atoms with van der Waals surface area (Å²) in [7, 11) is 1.59. The summed E-state index contributed by atoms with van der Waals surface area (Å²) in [6, 6.07) is 20.1. The van der Waals surface area contributed by atoms with Crippen molar-refractivity contribution in [2.45, 2.75) is 25.4 Å². The Morgan fingerprint density at radius 3 is 2.44 bits per heavy atom. The fourth-order valence-corrected chi connectivity index (χ4v) is 4.86. The van der Waals surface area contributed by atoms with E-state index in [1.165, 1.54) is 12.1 Å². The summed E-state index contributed by atoms with van der Waals surface area (Å²) < 4.78 is 18.6. The minimum atomic E-state index is -0.311. The van der Waals surface area contributed by atoms with Gasteiger partial charge in [0.1, 0.15) is 5.82 Å². The number of benzene rings is 2. The van der Waals surface area contributed by atoms with E-state index >= 15 is 0 Å². The Hall–Kier alpha value is -3.03. The lowest BCUT2D eigenvalue weighted by molar-refractivity contribution is -0.142. The van der Waals surface area contributed by atoms with E-state index in [2.05, 4.69) is 0 Å². The number of amides is 2. The van der Waals surface area contributed by atoms with Crippen LogP contribution < -0.4 is 0 Å². The molecule has 178 valence electrons. The molecule has 0 aliphatic heterocycles. The molecule has 0 bridgehead atoms. The second kappa shape index (κ2) is 11.4. The summed E-state index contributed by atoms with van der Waals surface area (Å²) in [6.45, 7) is 1.51. The zero-order valence-electron chi connectivity index (χ0n) is 19.2. The first-order valence-corrected chi connectivity index (χ1v) is 12.3. The van der Waals surface area contributed by atoms with Crippen LogP contribution >= 0.6 is 11.3 Å². The van der Waals surface area contributed by atoms with Gasteiger partial charge >= 0.3 is 0 Å². The molecule has 0 spiro atoms. The van der Waals surface area contributed by atoms with Crippen molar-refractivity contribution in [3.05, 3.63) is 93.9 Å². The number of hydrogen-bond acceptors (Lipinski definition) is 4. The van der Waals surface area contributed by atoms with E-state index in [4.69, 9.17) is 4.74 Å². The van der Waals surface area contributed by atoms with Gasteiger partial charge in [-0.25, -0.2) is 4.39 Å². The Bertz CT molecular complexity index is 1070. The second-order valence-corrected chi connectivity index (χ2v) is 9.60. The zero-order chi connectivity index (χ0) is 23.9. The van der Waals surface area contributed by atoms with Crippen molar-refractivity contribution in [3.8, 4) is 0 Å². The number of methoxy groups -OCH3 is 1. The molecule has 1 saturated carbocycles. The molecule has 1 heterocycles. The number of halogens is 1. The standard InChI is InChI=1S/C27H29FN2O3S/c1-33-14-13-29(27(32)25-16-24(25)21-6-3-2-4-7-21)19-26(31)30(18-23-8-5-15-34-23)17-20-9-11-22(28)12-10-20/h2-12,15,24-25H,13-14,16-19H2,1H3. The highest BCUT2D eigenvalue weighted by Gasteiger charge is 2.46. The van der Waals surface area contributed by atoms with Gasteiger partial charge in [-0.1, -0.05) is 48.5 Å². The highest BCUT2D eigenvalue weighted by molar-refractivity contribution is 7.09. The Morgan fingerprint density at radius 1 is 1.00 bits per heavy atom. The van der Waals surface area contributed by atoms with Crippen molar-refractivity contribution >= 4 is 23.2 Å². The molecule has 4 rings (SSSR count). The van der Waals surface area contributed by atoms with E-state index < -0.39 is 0 Å². The number of thiophene rings is 1. The van der Waals surface area contributed by atoms with Crippen LogP contribution in [0.2, 0.25) is 0 Å². The Morgan fingerprint density at radius 2 is 1.76 bits per heavy atom. The van der Waals surface area contributed by atoms with E-state index in [0.717, 1.165) is 22.4 Å². The lowest BCUT2D eigenvalue weighted by Gasteiger charge is -2.28. The van der Waals surface area contributed by atoms with E-state index in [1.54, 1.807) is 40.4 Å². The summed E-state index contributed by atoms with van der Waals surface area (Å²) in [5.74, 6) is -0.352. The maximum atomic E-state index is 13.4. The van der Waals surface area contributed by atoms with Crippen LogP contribution in [0.25, 0.3) is 0 Å². The van der Waals surface area contributed by atoms with Gasteiger partial charge in [0.15, 0.2) is 0 Å². The molecule has 0 N–H and O–H groups in total. The fourth-order valence-electron chi connectivity index (χ4n) is 4.14. The molecule has 2 unspecified atom stereocenters. The number of rotatable bonds is 11. The Labute approximate surface area is 203 Å². The van der Waals surface area contributed by atoms with Crippen LogP contribution in [-0.4, -0.2) is 48.4 Å². The largest absolute Gasteiger partial charge is 0.383 e. The van der Waals surface area contributed by atoms with Crippen molar-refractivity contribution in [2.75, 3.05) is 26.8 Å². The van der Waals surface area contributed by atoms with Crippen molar-refractivity contribution in [2.24, 2.45) is 5.92 Å². The predicted molar refractivity (Wildman–Crippen MR) is 131 cm³/mol. The summed E-state index contributed by atoms with van der Waals surface area (Å²) in [4.78, 5) is 31.2. The summed E-state index contributed by atoms with van der Waals surface area (Å²) in [5, 5.41) is 1.97. The molecular formula is C27H29FN2O3S. The van der Waals surface area contributed by atoms with Gasteiger partial charge in [0.25, 0.3) is 0 Å². The number of carbonyl (C=O) groups is 2. The average molecular weight is 481 g/mol. The SMILES string of the molecule is COCCN(CC(=O)N(Cc1ccc(F)cc1)Cc1cccs1)C(=O)C1CC1c1ccccc1. The maximum Gasteiger partial charge on any atom is 0.242 e. The first-order chi connectivity index (χ1) is 16.5. The van der Waals surface area contributed by atoms with Crippen molar-refractivity contribution in [3.63, 3.8) is 0 Å². The molecule has 2 atom stereocenters. The monoisotopic (exact) mass is 480 g/mol. The topological polar surface area (TPSA) is 49.9 Å². The highest BCUT2D eigenvalue weighted by atomic mass is 32.1. The maximum absolute atomic E-state index is 13.4. The Kier molecular flexibility index (Phi) is 8.08. The molecular weight excluding hydrogens is 451 g/mol. The smallest absolute Gasteiger partial charge is 0.242 e. The summed E-state index contributed by atoms with van der Waals surface area (Å²) in [5.41, 5.74) is 2.00. The number of ether oxygens (including phenoxy) is 1. The van der Waals surface area contributed by atoms with Crippen LogP contribution in [0.3, 0.4) is 0 Å². The molecule has 2 aromatic carbocycles. The van der Waals surface area contributed by atoms with Crippen LogP contribution in [0.4, 0.5) is 4.39 Å². The van der Waals surface area contributed by atoms with Crippen LogP contribution in [0.5, 0.6) is 0 Å². The van der Waals surface area contributed by atoms with Gasteiger partial charge in [0, 0.05) is 31.0 Å². The number of hydrogen-bond donors (Lipinski definition) is 0.